The molecule has 0 spiro atoms. The second-order valence-corrected chi connectivity index (χ2v) is 6.51. The van der Waals surface area contributed by atoms with Gasteiger partial charge in [0.2, 0.25) is 0 Å². The van der Waals surface area contributed by atoms with Crippen molar-refractivity contribution in [1.29, 1.82) is 0 Å². The minimum absolute atomic E-state index is 0.201. The van der Waals surface area contributed by atoms with Crippen LogP contribution in [0.3, 0.4) is 0 Å². The van der Waals surface area contributed by atoms with Crippen LogP contribution in [0.1, 0.15) is 49.8 Å². The normalized spacial score (nSPS) is 16.9. The number of unbranched alkanes of at least 4 members (excludes halogenated alkanes) is 1. The number of benzene rings is 1. The predicted octanol–water partition coefficient (Wildman–Crippen LogP) is 5.00. The fourth-order valence-electron chi connectivity index (χ4n) is 2.81. The second kappa shape index (κ2) is 7.51. The van der Waals surface area contributed by atoms with E-state index in [4.69, 9.17) is 27.9 Å². The minimum Gasteiger partial charge on any atom is -0.465 e. The summed E-state index contributed by atoms with van der Waals surface area (Å²) in [5.74, 6) is 0.383. The van der Waals surface area contributed by atoms with Crippen LogP contribution in [-0.2, 0) is 28.8 Å². The first-order valence-corrected chi connectivity index (χ1v) is 8.46. The van der Waals surface area contributed by atoms with Crippen molar-refractivity contribution < 1.29 is 9.53 Å². The molecule has 1 aromatic carbocycles. The summed E-state index contributed by atoms with van der Waals surface area (Å²) in [6, 6.07) is 1.84. The summed E-state index contributed by atoms with van der Waals surface area (Å²) in [4.78, 5) is 11.8. The smallest absolute Gasteiger partial charge is 0.310 e. The van der Waals surface area contributed by atoms with E-state index in [0.29, 0.717) is 17.5 Å². The van der Waals surface area contributed by atoms with Gasteiger partial charge < -0.3 is 4.74 Å². The first kappa shape index (κ1) is 16.6. The highest BCUT2D eigenvalue weighted by molar-refractivity contribution is 6.35. The third-order valence-electron chi connectivity index (χ3n) is 4.16. The number of rotatable bonds is 6. The summed E-state index contributed by atoms with van der Waals surface area (Å²) in [6.07, 6.45) is 5.18. The minimum atomic E-state index is -0.230. The molecule has 0 aromatic heterocycles. The van der Waals surface area contributed by atoms with Gasteiger partial charge in [0.1, 0.15) is 0 Å². The Bertz CT molecular complexity index is 526. The van der Waals surface area contributed by atoms with Crippen LogP contribution in [0.4, 0.5) is 0 Å². The summed E-state index contributed by atoms with van der Waals surface area (Å²) >= 11 is 12.9. The van der Waals surface area contributed by atoms with Gasteiger partial charge in [-0.2, -0.15) is 0 Å². The Labute approximate surface area is 136 Å². The van der Waals surface area contributed by atoms with Crippen molar-refractivity contribution in [2.75, 3.05) is 6.61 Å². The van der Waals surface area contributed by atoms with Crippen LogP contribution in [0.15, 0.2) is 6.07 Å². The summed E-state index contributed by atoms with van der Waals surface area (Å²) in [7, 11) is 0. The van der Waals surface area contributed by atoms with Gasteiger partial charge in [-0.25, -0.2) is 0 Å². The number of ether oxygens (including phenoxy) is 1. The molecule has 2 nitrogen and oxygen atoms in total. The quantitative estimate of drug-likeness (QED) is 0.542. The van der Waals surface area contributed by atoms with E-state index in [2.05, 4.69) is 13.8 Å². The molecular weight excluding hydrogens is 307 g/mol. The van der Waals surface area contributed by atoms with E-state index in [-0.39, 0.29) is 12.4 Å². The topological polar surface area (TPSA) is 26.3 Å². The third kappa shape index (κ3) is 3.92. The first-order chi connectivity index (χ1) is 10.1. The molecule has 2 rings (SSSR count). The molecule has 0 aliphatic heterocycles. The van der Waals surface area contributed by atoms with E-state index in [9.17, 15) is 4.79 Å². The van der Waals surface area contributed by atoms with Gasteiger partial charge in [-0.05, 0) is 47.9 Å². The molecule has 1 unspecified atom stereocenters. The van der Waals surface area contributed by atoms with Gasteiger partial charge in [0.25, 0.3) is 0 Å². The van der Waals surface area contributed by atoms with E-state index in [1.807, 2.05) is 6.07 Å². The number of carbonyl (C=O) groups is 1. The molecule has 0 radical (unpaired) electrons. The Kier molecular flexibility index (Phi) is 5.95. The summed E-state index contributed by atoms with van der Waals surface area (Å²) < 4.78 is 5.20. The molecular formula is C17H22Cl2O2. The third-order valence-corrected chi connectivity index (χ3v) is 4.97. The fraction of sp³-hybridized carbons (Fsp3) is 0.588. The van der Waals surface area contributed by atoms with Crippen LogP contribution in [0.5, 0.6) is 0 Å². The Balaban J connectivity index is 2.12. The van der Waals surface area contributed by atoms with Crippen molar-refractivity contribution in [3.8, 4) is 0 Å². The SMILES string of the molecule is CCCCOC(=O)Cc1cc(Cl)c2c(c1Cl)CC(CC)C2. The molecule has 21 heavy (non-hydrogen) atoms. The zero-order valence-corrected chi connectivity index (χ0v) is 14.2. The first-order valence-electron chi connectivity index (χ1n) is 7.71. The Morgan fingerprint density at radius 1 is 1.29 bits per heavy atom. The molecule has 0 saturated carbocycles. The van der Waals surface area contributed by atoms with Crippen LogP contribution in [0.25, 0.3) is 0 Å². The van der Waals surface area contributed by atoms with Gasteiger partial charge >= 0.3 is 5.97 Å². The molecule has 0 fully saturated rings. The predicted molar refractivity (Wildman–Crippen MR) is 87.2 cm³/mol. The van der Waals surface area contributed by atoms with Crippen LogP contribution >= 0.6 is 23.2 Å². The number of carbonyl (C=O) groups excluding carboxylic acids is 1. The van der Waals surface area contributed by atoms with E-state index >= 15 is 0 Å². The van der Waals surface area contributed by atoms with E-state index in [1.54, 1.807) is 0 Å². The van der Waals surface area contributed by atoms with Gasteiger partial charge in [0, 0.05) is 10.0 Å². The average molecular weight is 329 g/mol. The highest BCUT2D eigenvalue weighted by Crippen LogP contribution is 2.40. The molecule has 0 saturated heterocycles. The molecule has 1 atom stereocenters. The molecule has 0 amide bonds. The number of halogens is 2. The van der Waals surface area contributed by atoms with Crippen molar-refractivity contribution in [3.63, 3.8) is 0 Å². The highest BCUT2D eigenvalue weighted by atomic mass is 35.5. The number of hydrogen-bond donors (Lipinski definition) is 0. The largest absolute Gasteiger partial charge is 0.465 e. The van der Waals surface area contributed by atoms with Crippen LogP contribution < -0.4 is 0 Å². The molecule has 4 heteroatoms. The van der Waals surface area contributed by atoms with Gasteiger partial charge in [-0.15, -0.1) is 0 Å². The monoisotopic (exact) mass is 328 g/mol. The zero-order valence-electron chi connectivity index (χ0n) is 12.7. The van der Waals surface area contributed by atoms with Gasteiger partial charge in [0.05, 0.1) is 13.0 Å². The molecule has 0 heterocycles. The number of esters is 1. The van der Waals surface area contributed by atoms with E-state index < -0.39 is 0 Å². The highest BCUT2D eigenvalue weighted by Gasteiger charge is 2.27. The number of hydrogen-bond acceptors (Lipinski definition) is 2. The molecule has 0 N–H and O–H groups in total. The molecule has 116 valence electrons. The lowest BCUT2D eigenvalue weighted by Crippen LogP contribution is -2.10. The second-order valence-electron chi connectivity index (χ2n) is 5.72. The molecule has 1 aromatic rings. The van der Waals surface area contributed by atoms with Crippen molar-refractivity contribution in [1.82, 2.24) is 0 Å². The zero-order chi connectivity index (χ0) is 15.4. The lowest BCUT2D eigenvalue weighted by atomic mass is 10.0. The van der Waals surface area contributed by atoms with E-state index in [1.165, 1.54) is 0 Å². The van der Waals surface area contributed by atoms with Crippen LogP contribution in [0.2, 0.25) is 10.0 Å². The van der Waals surface area contributed by atoms with E-state index in [0.717, 1.165) is 53.8 Å². The Morgan fingerprint density at radius 3 is 2.67 bits per heavy atom. The summed E-state index contributed by atoms with van der Waals surface area (Å²) in [5, 5.41) is 1.44. The van der Waals surface area contributed by atoms with Crippen molar-refractivity contribution in [2.24, 2.45) is 5.92 Å². The fourth-order valence-corrected chi connectivity index (χ4v) is 3.45. The number of fused-ring (bicyclic) bond motifs is 1. The van der Waals surface area contributed by atoms with Crippen molar-refractivity contribution >= 4 is 29.2 Å². The summed E-state index contributed by atoms with van der Waals surface area (Å²) in [5.41, 5.74) is 3.09. The lowest BCUT2D eigenvalue weighted by molar-refractivity contribution is -0.142. The van der Waals surface area contributed by atoms with Gasteiger partial charge in [0.15, 0.2) is 0 Å². The van der Waals surface area contributed by atoms with Crippen molar-refractivity contribution in [3.05, 3.63) is 32.8 Å². The van der Waals surface area contributed by atoms with Crippen molar-refractivity contribution in [2.45, 2.75) is 52.4 Å². The molecule has 1 aliphatic rings. The average Bonchev–Trinajstić information content (AvgIpc) is 2.90. The lowest BCUT2D eigenvalue weighted by Gasteiger charge is -2.11. The van der Waals surface area contributed by atoms with Gasteiger partial charge in [-0.1, -0.05) is 49.9 Å². The molecule has 1 aliphatic carbocycles. The maximum absolute atomic E-state index is 11.8. The Hall–Kier alpha value is -0.730. The maximum Gasteiger partial charge on any atom is 0.310 e. The standard InChI is InChI=1S/C17H22Cl2O2/c1-3-5-6-21-16(20)10-12-9-15(18)13-7-11(4-2)8-14(13)17(12)19/h9,11H,3-8,10H2,1-2H3. The summed E-state index contributed by atoms with van der Waals surface area (Å²) in [6.45, 7) is 4.73. The van der Waals surface area contributed by atoms with Crippen LogP contribution in [0, 0.1) is 5.92 Å². The Morgan fingerprint density at radius 2 is 2.00 bits per heavy atom. The van der Waals surface area contributed by atoms with Gasteiger partial charge in [-0.3, -0.25) is 4.79 Å². The van der Waals surface area contributed by atoms with Crippen LogP contribution in [-0.4, -0.2) is 12.6 Å². The maximum atomic E-state index is 11.8. The molecule has 0 bridgehead atoms.